The van der Waals surface area contributed by atoms with Crippen LogP contribution in [0.4, 0.5) is 5.69 Å². The molecule has 3 rings (SSSR count). The van der Waals surface area contributed by atoms with Crippen molar-refractivity contribution in [1.29, 1.82) is 5.39 Å². The fourth-order valence-corrected chi connectivity index (χ4v) is 3.46. The van der Waals surface area contributed by atoms with Crippen LogP contribution in [0.25, 0.3) is 4.98 Å². The molecule has 1 unspecified atom stereocenters. The summed E-state index contributed by atoms with van der Waals surface area (Å²) in [6.45, 7) is 8.71. The predicted octanol–water partition coefficient (Wildman–Crippen LogP) is 6.96. The lowest BCUT2D eigenvalue weighted by Gasteiger charge is -2.26. The highest BCUT2D eigenvalue weighted by Gasteiger charge is 2.23. The van der Waals surface area contributed by atoms with Crippen molar-refractivity contribution in [2.45, 2.75) is 39.0 Å². The molecule has 0 aliphatic rings. The maximum absolute atomic E-state index is 8.99. The van der Waals surface area contributed by atoms with Gasteiger partial charge in [0.25, 0.3) is 0 Å². The lowest BCUT2D eigenvalue weighted by molar-refractivity contribution is 0.640. The van der Waals surface area contributed by atoms with Crippen LogP contribution >= 0.6 is 0 Å². The molecule has 0 aliphatic heterocycles. The normalized spacial score (nSPS) is 12.4. The van der Waals surface area contributed by atoms with Crippen LogP contribution in [0.2, 0.25) is 0 Å². The van der Waals surface area contributed by atoms with Gasteiger partial charge in [0.2, 0.25) is 5.39 Å². The molecule has 0 aliphatic carbocycles. The van der Waals surface area contributed by atoms with E-state index in [4.69, 9.17) is 5.39 Å². The van der Waals surface area contributed by atoms with Crippen molar-refractivity contribution in [3.8, 4) is 0 Å². The maximum atomic E-state index is 8.99. The molecule has 130 valence electrons. The number of rotatable bonds is 4. The average molecular weight is 341 g/mol. The summed E-state index contributed by atoms with van der Waals surface area (Å²) in [7, 11) is 0. The van der Waals surface area contributed by atoms with Crippen molar-refractivity contribution >= 4 is 5.69 Å². The quantitative estimate of drug-likeness (QED) is 0.471. The maximum Gasteiger partial charge on any atom is 0.387 e. The molecule has 0 aromatic heterocycles. The summed E-state index contributed by atoms with van der Waals surface area (Å²) in [5.41, 5.74) is 6.73. The summed E-state index contributed by atoms with van der Waals surface area (Å²) in [4.78, 5) is 3.31. The van der Waals surface area contributed by atoms with E-state index in [1.165, 1.54) is 22.3 Å². The first-order chi connectivity index (χ1) is 12.4. The minimum Gasteiger partial charge on any atom is -0.0622 e. The van der Waals surface area contributed by atoms with E-state index < -0.39 is 0 Å². The molecule has 0 heterocycles. The van der Waals surface area contributed by atoms with Crippen LogP contribution in [0, 0.1) is 12.3 Å². The van der Waals surface area contributed by atoms with Gasteiger partial charge in [-0.25, -0.2) is 0 Å². The molecule has 1 atom stereocenters. The Kier molecular flexibility index (Phi) is 4.91. The first-order valence-corrected chi connectivity index (χ1v) is 9.05. The highest BCUT2D eigenvalue weighted by molar-refractivity contribution is 5.53. The van der Waals surface area contributed by atoms with Crippen LogP contribution in [-0.2, 0) is 5.41 Å². The van der Waals surface area contributed by atoms with E-state index in [2.05, 4.69) is 86.4 Å². The number of nitrogens with zero attached hydrogens (tertiary/aromatic N) is 2. The summed E-state index contributed by atoms with van der Waals surface area (Å²) >= 11 is 0. The Morgan fingerprint density at radius 3 is 1.96 bits per heavy atom. The molecule has 0 amide bonds. The van der Waals surface area contributed by atoms with Gasteiger partial charge in [-0.2, -0.15) is 0 Å². The fourth-order valence-electron chi connectivity index (χ4n) is 3.46. The number of diazo groups is 1. The van der Waals surface area contributed by atoms with Gasteiger partial charge in [-0.15, -0.1) is 0 Å². The van der Waals surface area contributed by atoms with Gasteiger partial charge in [0, 0.05) is 23.0 Å². The molecule has 26 heavy (non-hydrogen) atoms. The van der Waals surface area contributed by atoms with E-state index in [0.29, 0.717) is 5.69 Å². The topological polar surface area (TPSA) is 28.1 Å². The third-order valence-electron chi connectivity index (χ3n) is 5.46. The molecular formula is C24H25N2+. The number of benzene rings is 3. The van der Waals surface area contributed by atoms with E-state index in [9.17, 15) is 0 Å². The molecule has 2 heteroatoms. The summed E-state index contributed by atoms with van der Waals surface area (Å²) in [5.74, 6) is 0.287. The molecule has 0 N–H and O–H groups in total. The third-order valence-corrected chi connectivity index (χ3v) is 5.46. The van der Waals surface area contributed by atoms with Gasteiger partial charge in [0.05, 0.1) is 0 Å². The first-order valence-electron chi connectivity index (χ1n) is 9.05. The zero-order chi connectivity index (χ0) is 18.7. The zero-order valence-electron chi connectivity index (χ0n) is 15.9. The van der Waals surface area contributed by atoms with E-state index in [1.807, 2.05) is 19.1 Å². The van der Waals surface area contributed by atoms with Crippen molar-refractivity contribution < 1.29 is 0 Å². The van der Waals surface area contributed by atoms with Gasteiger partial charge in [-0.1, -0.05) is 81.4 Å². The molecular weight excluding hydrogens is 316 g/mol. The highest BCUT2D eigenvalue weighted by atomic mass is 14.8. The van der Waals surface area contributed by atoms with Crippen LogP contribution in [0.1, 0.15) is 54.5 Å². The van der Waals surface area contributed by atoms with Gasteiger partial charge >= 0.3 is 5.69 Å². The summed E-state index contributed by atoms with van der Waals surface area (Å²) < 4.78 is 0. The van der Waals surface area contributed by atoms with Gasteiger partial charge in [-0.05, 0) is 35.2 Å². The smallest absolute Gasteiger partial charge is 0.0622 e. The highest BCUT2D eigenvalue weighted by Crippen LogP contribution is 2.33. The molecule has 3 aromatic rings. The Balaban J connectivity index is 1.88. The first kappa shape index (κ1) is 17.9. The third kappa shape index (κ3) is 3.39. The minimum atomic E-state index is -0.0239. The number of hydrogen-bond acceptors (Lipinski definition) is 1. The van der Waals surface area contributed by atoms with E-state index >= 15 is 0 Å². The molecule has 0 radical (unpaired) electrons. The van der Waals surface area contributed by atoms with Gasteiger partial charge in [0.15, 0.2) is 4.98 Å². The molecule has 0 fully saturated rings. The lowest BCUT2D eigenvalue weighted by atomic mass is 9.77. The Morgan fingerprint density at radius 2 is 1.38 bits per heavy atom. The number of aryl methyl sites for hydroxylation is 1. The SMILES string of the molecule is Cc1cc(C(C)c2ccc(C(C)(C)c3ccccc3)cc2)ccc1[N+]#N. The van der Waals surface area contributed by atoms with Gasteiger partial charge in [0.1, 0.15) is 0 Å². The zero-order valence-corrected chi connectivity index (χ0v) is 15.9. The molecule has 0 bridgehead atoms. The predicted molar refractivity (Wildman–Crippen MR) is 108 cm³/mol. The van der Waals surface area contributed by atoms with Crippen LogP contribution in [0.3, 0.4) is 0 Å². The lowest BCUT2D eigenvalue weighted by Crippen LogP contribution is -2.18. The van der Waals surface area contributed by atoms with Crippen LogP contribution in [0.15, 0.2) is 72.8 Å². The van der Waals surface area contributed by atoms with Crippen molar-refractivity contribution in [3.63, 3.8) is 0 Å². The van der Waals surface area contributed by atoms with E-state index in [1.54, 1.807) is 0 Å². The molecule has 0 saturated carbocycles. The Bertz CT molecular complexity index is 932. The second kappa shape index (κ2) is 7.14. The molecule has 0 spiro atoms. The summed E-state index contributed by atoms with van der Waals surface area (Å²) in [6, 6.07) is 25.6. The monoisotopic (exact) mass is 341 g/mol. The largest absolute Gasteiger partial charge is 0.387 e. The summed E-state index contributed by atoms with van der Waals surface area (Å²) in [5, 5.41) is 8.99. The fraction of sp³-hybridized carbons (Fsp3) is 0.250. The Morgan fingerprint density at radius 1 is 0.808 bits per heavy atom. The van der Waals surface area contributed by atoms with Crippen LogP contribution < -0.4 is 0 Å². The van der Waals surface area contributed by atoms with Crippen molar-refractivity contribution in [1.82, 2.24) is 0 Å². The van der Waals surface area contributed by atoms with Crippen LogP contribution in [0.5, 0.6) is 0 Å². The van der Waals surface area contributed by atoms with E-state index in [-0.39, 0.29) is 11.3 Å². The molecule has 2 nitrogen and oxygen atoms in total. The number of hydrogen-bond donors (Lipinski definition) is 0. The second-order valence-corrected chi connectivity index (χ2v) is 7.48. The Labute approximate surface area is 156 Å². The second-order valence-electron chi connectivity index (χ2n) is 7.48. The molecule has 0 saturated heterocycles. The van der Waals surface area contributed by atoms with E-state index in [0.717, 1.165) is 5.56 Å². The van der Waals surface area contributed by atoms with Crippen molar-refractivity contribution in [2.75, 3.05) is 0 Å². The standard InChI is InChI=1S/C24H25N2/c1-17-16-20(12-15-23(17)26-25)18(2)19-10-13-22(14-11-19)24(3,4)21-8-6-5-7-9-21/h5-16,18H,1-4H3/q+1. The Hall–Kier alpha value is -2.92. The minimum absolute atomic E-state index is 0.0239. The average Bonchev–Trinajstić information content (AvgIpc) is 2.68. The van der Waals surface area contributed by atoms with Crippen molar-refractivity contribution in [3.05, 3.63) is 106 Å². The molecule has 3 aromatic carbocycles. The van der Waals surface area contributed by atoms with Crippen LogP contribution in [-0.4, -0.2) is 0 Å². The van der Waals surface area contributed by atoms with Gasteiger partial charge in [-0.3, -0.25) is 0 Å². The summed E-state index contributed by atoms with van der Waals surface area (Å²) in [6.07, 6.45) is 0. The van der Waals surface area contributed by atoms with Gasteiger partial charge < -0.3 is 0 Å². The van der Waals surface area contributed by atoms with Crippen molar-refractivity contribution in [2.24, 2.45) is 0 Å².